The minimum absolute atomic E-state index is 1.01. The molecule has 0 amide bonds. The van der Waals surface area contributed by atoms with Crippen molar-refractivity contribution in [1.82, 2.24) is 9.97 Å². The van der Waals surface area contributed by atoms with Gasteiger partial charge in [-0.15, -0.1) is 0 Å². The van der Waals surface area contributed by atoms with Gasteiger partial charge in [0.05, 0.1) is 5.69 Å². The van der Waals surface area contributed by atoms with E-state index in [-0.39, 0.29) is 0 Å². The van der Waals surface area contributed by atoms with Crippen LogP contribution < -0.4 is 5.32 Å². The maximum Gasteiger partial charge on any atom is 0.139 e. The van der Waals surface area contributed by atoms with Crippen molar-refractivity contribution < 1.29 is 0 Å². The number of hydrogen-bond donors (Lipinski definition) is 2. The van der Waals surface area contributed by atoms with Gasteiger partial charge in [0.1, 0.15) is 5.65 Å². The van der Waals surface area contributed by atoms with E-state index in [0.29, 0.717) is 0 Å². The molecule has 0 spiro atoms. The van der Waals surface area contributed by atoms with Crippen LogP contribution in [0.5, 0.6) is 0 Å². The van der Waals surface area contributed by atoms with Gasteiger partial charge in [0.25, 0.3) is 0 Å². The van der Waals surface area contributed by atoms with E-state index in [0.717, 1.165) is 25.0 Å². The Kier molecular flexibility index (Phi) is 1.91. The standard InChI is InChI=1S/C12H15N3/c1-2-8-6-14-12-10(8)11-9(7-15-12)4-3-5-13-11/h6-7,13H,2-5H2,1H3,(H,14,15). The van der Waals surface area contributed by atoms with Crippen molar-refractivity contribution in [2.75, 3.05) is 11.9 Å². The SMILES string of the molecule is CCc1c[nH]c2ncc3c(c12)NCCC3. The third kappa shape index (κ3) is 1.23. The molecular formula is C12H15N3. The molecule has 0 saturated heterocycles. The van der Waals surface area contributed by atoms with Crippen molar-refractivity contribution >= 4 is 16.7 Å². The van der Waals surface area contributed by atoms with Gasteiger partial charge in [-0.2, -0.15) is 0 Å². The van der Waals surface area contributed by atoms with E-state index in [4.69, 9.17) is 0 Å². The summed E-state index contributed by atoms with van der Waals surface area (Å²) in [6.45, 7) is 3.27. The van der Waals surface area contributed by atoms with Gasteiger partial charge >= 0.3 is 0 Å². The second kappa shape index (κ2) is 3.26. The van der Waals surface area contributed by atoms with Crippen LogP contribution in [-0.2, 0) is 12.8 Å². The Morgan fingerprint density at radius 2 is 2.40 bits per heavy atom. The molecule has 15 heavy (non-hydrogen) atoms. The van der Waals surface area contributed by atoms with Crippen LogP contribution in [0.2, 0.25) is 0 Å². The fraction of sp³-hybridized carbons (Fsp3) is 0.417. The molecule has 78 valence electrons. The first kappa shape index (κ1) is 8.77. The van der Waals surface area contributed by atoms with Gasteiger partial charge in [0.2, 0.25) is 0 Å². The lowest BCUT2D eigenvalue weighted by atomic mass is 10.0. The van der Waals surface area contributed by atoms with Crippen LogP contribution in [0.25, 0.3) is 11.0 Å². The topological polar surface area (TPSA) is 40.7 Å². The Bertz CT molecular complexity index is 499. The number of aryl methyl sites for hydroxylation is 2. The van der Waals surface area contributed by atoms with E-state index in [1.54, 1.807) is 0 Å². The second-order valence-corrected chi connectivity index (χ2v) is 4.08. The van der Waals surface area contributed by atoms with Gasteiger partial charge in [-0.05, 0) is 30.4 Å². The van der Waals surface area contributed by atoms with Crippen molar-refractivity contribution in [3.63, 3.8) is 0 Å². The zero-order chi connectivity index (χ0) is 10.3. The average Bonchev–Trinajstić information content (AvgIpc) is 2.72. The van der Waals surface area contributed by atoms with E-state index in [9.17, 15) is 0 Å². The van der Waals surface area contributed by atoms with Crippen molar-refractivity contribution in [2.45, 2.75) is 26.2 Å². The van der Waals surface area contributed by atoms with Crippen molar-refractivity contribution in [3.05, 3.63) is 23.5 Å². The summed E-state index contributed by atoms with van der Waals surface area (Å²) in [5, 5.41) is 4.81. The average molecular weight is 201 g/mol. The highest BCUT2D eigenvalue weighted by Crippen LogP contribution is 2.31. The van der Waals surface area contributed by atoms with Crippen LogP contribution in [0.3, 0.4) is 0 Å². The number of pyridine rings is 1. The minimum atomic E-state index is 1.01. The number of nitrogens with zero attached hydrogens (tertiary/aromatic N) is 1. The highest BCUT2D eigenvalue weighted by atomic mass is 14.9. The number of aromatic amines is 1. The summed E-state index contributed by atoms with van der Waals surface area (Å²) in [7, 11) is 0. The number of anilines is 1. The molecule has 3 nitrogen and oxygen atoms in total. The molecule has 2 aromatic rings. The Labute approximate surface area is 88.9 Å². The molecular weight excluding hydrogens is 186 g/mol. The minimum Gasteiger partial charge on any atom is -0.384 e. The molecule has 0 atom stereocenters. The largest absolute Gasteiger partial charge is 0.384 e. The highest BCUT2D eigenvalue weighted by molar-refractivity contribution is 5.94. The van der Waals surface area contributed by atoms with Crippen LogP contribution in [0.4, 0.5) is 5.69 Å². The summed E-state index contributed by atoms with van der Waals surface area (Å²) in [6.07, 6.45) is 7.50. The van der Waals surface area contributed by atoms with Crippen molar-refractivity contribution in [3.8, 4) is 0 Å². The number of fused-ring (bicyclic) bond motifs is 3. The predicted octanol–water partition coefficient (Wildman–Crippen LogP) is 2.48. The molecule has 0 aliphatic carbocycles. The van der Waals surface area contributed by atoms with E-state index in [1.165, 1.54) is 28.6 Å². The van der Waals surface area contributed by atoms with Crippen LogP contribution in [0.1, 0.15) is 24.5 Å². The Balaban J connectivity index is 2.32. The number of aromatic nitrogens is 2. The maximum atomic E-state index is 4.47. The first-order chi connectivity index (χ1) is 7.40. The summed E-state index contributed by atoms with van der Waals surface area (Å²) in [5.41, 5.74) is 5.05. The molecule has 3 heteroatoms. The normalized spacial score (nSPS) is 15.0. The Morgan fingerprint density at radius 1 is 1.47 bits per heavy atom. The monoisotopic (exact) mass is 201 g/mol. The molecule has 3 rings (SSSR count). The van der Waals surface area contributed by atoms with Gasteiger partial charge in [-0.3, -0.25) is 0 Å². The number of hydrogen-bond acceptors (Lipinski definition) is 2. The van der Waals surface area contributed by atoms with E-state index < -0.39 is 0 Å². The summed E-state index contributed by atoms with van der Waals surface area (Å²) < 4.78 is 0. The quantitative estimate of drug-likeness (QED) is 0.744. The lowest BCUT2D eigenvalue weighted by molar-refractivity contribution is 0.828. The fourth-order valence-corrected chi connectivity index (χ4v) is 2.36. The molecule has 2 N–H and O–H groups in total. The Hall–Kier alpha value is -1.51. The first-order valence-corrected chi connectivity index (χ1v) is 5.62. The van der Waals surface area contributed by atoms with Crippen LogP contribution >= 0.6 is 0 Å². The number of H-pyrrole nitrogens is 1. The van der Waals surface area contributed by atoms with Gasteiger partial charge in [0, 0.05) is 24.3 Å². The first-order valence-electron chi connectivity index (χ1n) is 5.62. The van der Waals surface area contributed by atoms with Gasteiger partial charge in [-0.1, -0.05) is 6.92 Å². The summed E-state index contributed by atoms with van der Waals surface area (Å²) in [5.74, 6) is 0. The molecule has 0 saturated carbocycles. The molecule has 0 fully saturated rings. The summed E-state index contributed by atoms with van der Waals surface area (Å²) >= 11 is 0. The molecule has 0 bridgehead atoms. The van der Waals surface area contributed by atoms with Gasteiger partial charge < -0.3 is 10.3 Å². The summed E-state index contributed by atoms with van der Waals surface area (Å²) in [4.78, 5) is 7.71. The zero-order valence-electron chi connectivity index (χ0n) is 8.93. The van der Waals surface area contributed by atoms with Crippen molar-refractivity contribution in [2.24, 2.45) is 0 Å². The van der Waals surface area contributed by atoms with Crippen LogP contribution in [0.15, 0.2) is 12.4 Å². The third-order valence-corrected chi connectivity index (χ3v) is 3.17. The smallest absolute Gasteiger partial charge is 0.139 e. The van der Waals surface area contributed by atoms with Gasteiger partial charge in [0.15, 0.2) is 0 Å². The predicted molar refractivity (Wildman–Crippen MR) is 62.3 cm³/mol. The van der Waals surface area contributed by atoms with E-state index in [1.807, 2.05) is 6.20 Å². The molecule has 0 unspecified atom stereocenters. The number of rotatable bonds is 1. The lowest BCUT2D eigenvalue weighted by Gasteiger charge is -2.18. The maximum absolute atomic E-state index is 4.47. The molecule has 3 heterocycles. The van der Waals surface area contributed by atoms with Crippen LogP contribution in [-0.4, -0.2) is 16.5 Å². The molecule has 1 aliphatic heterocycles. The molecule has 2 aromatic heterocycles. The lowest BCUT2D eigenvalue weighted by Crippen LogP contribution is -2.12. The fourth-order valence-electron chi connectivity index (χ4n) is 2.36. The van der Waals surface area contributed by atoms with E-state index in [2.05, 4.69) is 28.4 Å². The summed E-state index contributed by atoms with van der Waals surface area (Å²) in [6, 6.07) is 0. The second-order valence-electron chi connectivity index (χ2n) is 4.08. The molecule has 1 aliphatic rings. The van der Waals surface area contributed by atoms with Gasteiger partial charge in [-0.25, -0.2) is 4.98 Å². The third-order valence-electron chi connectivity index (χ3n) is 3.17. The highest BCUT2D eigenvalue weighted by Gasteiger charge is 2.15. The Morgan fingerprint density at radius 3 is 3.27 bits per heavy atom. The van der Waals surface area contributed by atoms with Crippen molar-refractivity contribution in [1.29, 1.82) is 0 Å². The zero-order valence-corrected chi connectivity index (χ0v) is 8.93. The molecule has 0 radical (unpaired) electrons. The van der Waals surface area contributed by atoms with Crippen LogP contribution in [0, 0.1) is 0 Å². The molecule has 0 aromatic carbocycles. The number of nitrogens with one attached hydrogen (secondary N) is 2. The van der Waals surface area contributed by atoms with E-state index >= 15 is 0 Å².